The van der Waals surface area contributed by atoms with E-state index in [0.29, 0.717) is 11.5 Å². The van der Waals surface area contributed by atoms with Crippen LogP contribution in [0.2, 0.25) is 0 Å². The Morgan fingerprint density at radius 2 is 1.85 bits per heavy atom. The summed E-state index contributed by atoms with van der Waals surface area (Å²) in [5.74, 6) is 0.998. The Balaban J connectivity index is 1.38. The Hall–Kier alpha value is -4.27. The number of benzene rings is 1. The number of aromatic nitrogens is 2. The van der Waals surface area contributed by atoms with Crippen molar-refractivity contribution in [3.05, 3.63) is 89.0 Å². The highest BCUT2D eigenvalue weighted by Crippen LogP contribution is 2.20. The van der Waals surface area contributed by atoms with E-state index >= 15 is 0 Å². The summed E-state index contributed by atoms with van der Waals surface area (Å²) in [6, 6.07) is 12.7. The topological polar surface area (TPSA) is 112 Å². The van der Waals surface area contributed by atoms with Gasteiger partial charge in [-0.3, -0.25) is 14.3 Å². The van der Waals surface area contributed by atoms with Gasteiger partial charge in [-0.25, -0.2) is 0 Å². The molecule has 2 N–H and O–H groups in total. The molecule has 3 heterocycles. The summed E-state index contributed by atoms with van der Waals surface area (Å²) in [7, 11) is 1.66. The summed E-state index contributed by atoms with van der Waals surface area (Å²) in [5.41, 5.74) is 2.56. The number of furan rings is 2. The Labute approximate surface area is 190 Å². The summed E-state index contributed by atoms with van der Waals surface area (Å²) < 4.78 is 18.1. The molecule has 0 aliphatic heterocycles. The number of nitrogens with zero attached hydrogens (tertiary/aromatic N) is 2. The zero-order chi connectivity index (χ0) is 23.4. The van der Waals surface area contributed by atoms with E-state index < -0.39 is 11.8 Å². The molecule has 4 rings (SSSR count). The van der Waals surface area contributed by atoms with E-state index in [9.17, 15) is 9.59 Å². The fourth-order valence-electron chi connectivity index (χ4n) is 3.34. The standard InChI is InChI=1S/C24H24N4O5/c1-15-9-16(2)11-19(10-15)32-14-18-6-7-21(33-18)23(29)26-20-13-28(3)27-22(20)24(30)25-12-17-5-4-8-31-17/h4-11,13H,12,14H2,1-3H3,(H,25,30)(H,26,29). The molecule has 1 aromatic carbocycles. The molecule has 0 fully saturated rings. The molecule has 0 unspecified atom stereocenters. The zero-order valence-corrected chi connectivity index (χ0v) is 18.5. The van der Waals surface area contributed by atoms with Crippen LogP contribution in [0.3, 0.4) is 0 Å². The zero-order valence-electron chi connectivity index (χ0n) is 18.5. The highest BCUT2D eigenvalue weighted by atomic mass is 16.5. The quantitative estimate of drug-likeness (QED) is 0.422. The van der Waals surface area contributed by atoms with Crippen molar-refractivity contribution in [1.29, 1.82) is 0 Å². The molecule has 33 heavy (non-hydrogen) atoms. The van der Waals surface area contributed by atoms with Crippen LogP contribution in [-0.2, 0) is 20.2 Å². The fourth-order valence-corrected chi connectivity index (χ4v) is 3.34. The largest absolute Gasteiger partial charge is 0.486 e. The van der Waals surface area contributed by atoms with Crippen LogP contribution in [0.4, 0.5) is 5.69 Å². The van der Waals surface area contributed by atoms with Gasteiger partial charge in [-0.1, -0.05) is 6.07 Å². The minimum atomic E-state index is -0.499. The second-order valence-corrected chi connectivity index (χ2v) is 7.66. The lowest BCUT2D eigenvalue weighted by molar-refractivity contribution is 0.0943. The molecule has 2 amide bonds. The van der Waals surface area contributed by atoms with E-state index in [4.69, 9.17) is 13.6 Å². The lowest BCUT2D eigenvalue weighted by atomic mass is 10.1. The van der Waals surface area contributed by atoms with Crippen molar-refractivity contribution in [1.82, 2.24) is 15.1 Å². The normalized spacial score (nSPS) is 10.8. The van der Waals surface area contributed by atoms with Gasteiger partial charge in [-0.2, -0.15) is 5.10 Å². The lowest BCUT2D eigenvalue weighted by Gasteiger charge is -2.07. The molecule has 4 aromatic rings. The number of hydrogen-bond donors (Lipinski definition) is 2. The number of ether oxygens (including phenoxy) is 1. The third-order valence-corrected chi connectivity index (χ3v) is 4.76. The first-order valence-corrected chi connectivity index (χ1v) is 10.3. The molecule has 0 bridgehead atoms. The van der Waals surface area contributed by atoms with Crippen LogP contribution in [0.25, 0.3) is 0 Å². The second kappa shape index (κ2) is 9.47. The summed E-state index contributed by atoms with van der Waals surface area (Å²) in [5, 5.41) is 9.54. The number of anilines is 1. The Kier molecular flexibility index (Phi) is 6.30. The van der Waals surface area contributed by atoms with Crippen LogP contribution in [-0.4, -0.2) is 21.6 Å². The molecule has 0 saturated heterocycles. The number of nitrogens with one attached hydrogen (secondary N) is 2. The summed E-state index contributed by atoms with van der Waals surface area (Å²) in [6.07, 6.45) is 3.07. The van der Waals surface area contributed by atoms with E-state index in [1.807, 2.05) is 26.0 Å². The van der Waals surface area contributed by atoms with Crippen LogP contribution in [0, 0.1) is 13.8 Å². The van der Waals surface area contributed by atoms with Gasteiger partial charge in [-0.05, 0) is 61.4 Å². The predicted molar refractivity (Wildman–Crippen MR) is 120 cm³/mol. The van der Waals surface area contributed by atoms with Crippen molar-refractivity contribution in [2.45, 2.75) is 27.0 Å². The van der Waals surface area contributed by atoms with Crippen molar-refractivity contribution in [2.24, 2.45) is 7.05 Å². The second-order valence-electron chi connectivity index (χ2n) is 7.66. The van der Waals surface area contributed by atoms with Crippen molar-refractivity contribution >= 4 is 17.5 Å². The van der Waals surface area contributed by atoms with Crippen LogP contribution < -0.4 is 15.4 Å². The number of aryl methyl sites for hydroxylation is 3. The van der Waals surface area contributed by atoms with Crippen LogP contribution >= 0.6 is 0 Å². The van der Waals surface area contributed by atoms with Crippen molar-refractivity contribution < 1.29 is 23.2 Å². The maximum absolute atomic E-state index is 12.7. The molecule has 0 saturated carbocycles. The maximum atomic E-state index is 12.7. The molecule has 3 aromatic heterocycles. The predicted octanol–water partition coefficient (Wildman–Crippen LogP) is 3.98. The SMILES string of the molecule is Cc1cc(C)cc(OCc2ccc(C(=O)Nc3cn(C)nc3C(=O)NCc3ccco3)o2)c1. The highest BCUT2D eigenvalue weighted by Gasteiger charge is 2.20. The average Bonchev–Trinajstić information content (AvgIpc) is 3.51. The van der Waals surface area contributed by atoms with Crippen molar-refractivity contribution in [2.75, 3.05) is 5.32 Å². The third kappa shape index (κ3) is 5.51. The molecule has 9 heteroatoms. The molecule has 170 valence electrons. The minimum Gasteiger partial charge on any atom is -0.486 e. The Bertz CT molecular complexity index is 1250. The molecule has 0 aliphatic carbocycles. The van der Waals surface area contributed by atoms with Crippen LogP contribution in [0.1, 0.15) is 43.7 Å². The average molecular weight is 448 g/mol. The smallest absolute Gasteiger partial charge is 0.291 e. The molecule has 0 atom stereocenters. The Morgan fingerprint density at radius 1 is 1.06 bits per heavy atom. The fraction of sp³-hybridized carbons (Fsp3) is 0.208. The van der Waals surface area contributed by atoms with Gasteiger partial charge in [-0.15, -0.1) is 0 Å². The molecule has 9 nitrogen and oxygen atoms in total. The van der Waals surface area contributed by atoms with E-state index in [1.165, 1.54) is 10.9 Å². The van der Waals surface area contributed by atoms with Gasteiger partial charge in [0.25, 0.3) is 11.8 Å². The summed E-state index contributed by atoms with van der Waals surface area (Å²) in [4.78, 5) is 25.2. The van der Waals surface area contributed by atoms with Gasteiger partial charge >= 0.3 is 0 Å². The van der Waals surface area contributed by atoms with Gasteiger partial charge in [0.1, 0.15) is 23.9 Å². The molecule has 0 spiro atoms. The number of carbonyl (C=O) groups excluding carboxylic acids is 2. The number of rotatable bonds is 8. The van der Waals surface area contributed by atoms with E-state index in [-0.39, 0.29) is 30.3 Å². The molecular weight excluding hydrogens is 424 g/mol. The lowest BCUT2D eigenvalue weighted by Crippen LogP contribution is -2.25. The van der Waals surface area contributed by atoms with E-state index in [2.05, 4.69) is 21.8 Å². The Morgan fingerprint density at radius 3 is 2.58 bits per heavy atom. The minimum absolute atomic E-state index is 0.0855. The molecule has 0 radical (unpaired) electrons. The monoisotopic (exact) mass is 448 g/mol. The van der Waals surface area contributed by atoms with Crippen molar-refractivity contribution in [3.63, 3.8) is 0 Å². The number of carbonyl (C=O) groups is 2. The van der Waals surface area contributed by atoms with E-state index in [0.717, 1.165) is 16.9 Å². The maximum Gasteiger partial charge on any atom is 0.291 e. The van der Waals surface area contributed by atoms with E-state index in [1.54, 1.807) is 37.5 Å². The first-order chi connectivity index (χ1) is 15.9. The van der Waals surface area contributed by atoms with Gasteiger partial charge < -0.3 is 24.2 Å². The van der Waals surface area contributed by atoms with Gasteiger partial charge in [0.05, 0.1) is 18.5 Å². The molecule has 0 aliphatic rings. The summed E-state index contributed by atoms with van der Waals surface area (Å²) in [6.45, 7) is 4.39. The van der Waals surface area contributed by atoms with Crippen LogP contribution in [0.15, 0.2) is 63.8 Å². The van der Waals surface area contributed by atoms with Gasteiger partial charge in [0, 0.05) is 13.2 Å². The summed E-state index contributed by atoms with van der Waals surface area (Å²) >= 11 is 0. The first kappa shape index (κ1) is 21.9. The van der Waals surface area contributed by atoms with Crippen LogP contribution in [0.5, 0.6) is 5.75 Å². The number of amides is 2. The third-order valence-electron chi connectivity index (χ3n) is 4.76. The van der Waals surface area contributed by atoms with Crippen molar-refractivity contribution in [3.8, 4) is 5.75 Å². The van der Waals surface area contributed by atoms with Gasteiger partial charge in [0.15, 0.2) is 11.5 Å². The molecular formula is C24H24N4O5. The van der Waals surface area contributed by atoms with Gasteiger partial charge in [0.2, 0.25) is 0 Å². The highest BCUT2D eigenvalue weighted by molar-refractivity contribution is 6.07. The number of hydrogen-bond acceptors (Lipinski definition) is 6. The first-order valence-electron chi connectivity index (χ1n) is 10.3.